The zero-order valence-corrected chi connectivity index (χ0v) is 44.7. The number of rotatable bonds is 24. The highest BCUT2D eigenvalue weighted by Crippen LogP contribution is 2.35. The number of amides is 4. The Labute approximate surface area is 456 Å². The number of anilines is 2. The van der Waals surface area contributed by atoms with Gasteiger partial charge in [-0.15, -0.1) is 0 Å². The van der Waals surface area contributed by atoms with Crippen LogP contribution < -0.4 is 31.6 Å². The first kappa shape index (κ1) is 58.7. The van der Waals surface area contributed by atoms with Crippen molar-refractivity contribution in [2.75, 3.05) is 51.3 Å². The number of allylic oxidation sites excluding steroid dienone is 2. The highest BCUT2D eigenvalue weighted by atomic mass is 16.7. The van der Waals surface area contributed by atoms with Crippen LogP contribution in [0.15, 0.2) is 48.6 Å². The molecule has 0 bridgehead atoms. The van der Waals surface area contributed by atoms with E-state index in [-0.39, 0.29) is 78.5 Å². The number of nitrogens with zero attached hydrogens (tertiary/aromatic N) is 8. The molecule has 29 nitrogen and oxygen atoms in total. The Morgan fingerprint density at radius 2 is 1.18 bits per heavy atom. The molecule has 2 aliphatic heterocycles. The number of methoxy groups -OCH3 is 2. The number of nitrogens with one attached hydrogen (secondary N) is 2. The molecule has 12 N–H and O–H groups in total. The van der Waals surface area contributed by atoms with Gasteiger partial charge in [-0.3, -0.25) is 39.2 Å². The van der Waals surface area contributed by atoms with Crippen molar-refractivity contribution in [3.05, 3.63) is 82.5 Å². The minimum absolute atomic E-state index is 0.0129. The van der Waals surface area contributed by atoms with Crippen molar-refractivity contribution >= 4 is 57.6 Å². The Bertz CT molecular complexity index is 3240. The Kier molecular flexibility index (Phi) is 18.6. The molecule has 29 heteroatoms. The molecule has 4 aromatic heterocycles. The molecule has 4 amide bonds. The topological polar surface area (TPSA) is 402 Å². The lowest BCUT2D eigenvalue weighted by Crippen LogP contribution is -2.65. The average molecular weight is 1120 g/mol. The van der Waals surface area contributed by atoms with Crippen LogP contribution in [-0.4, -0.2) is 195 Å². The second-order valence-electron chi connectivity index (χ2n) is 18.8. The predicted octanol–water partition coefficient (Wildman–Crippen LogP) is -0.533. The summed E-state index contributed by atoms with van der Waals surface area (Å²) in [6.07, 6.45) is -11.4. The van der Waals surface area contributed by atoms with Gasteiger partial charge >= 0.3 is 0 Å². The van der Waals surface area contributed by atoms with E-state index in [4.69, 9.17) is 49.6 Å². The van der Waals surface area contributed by atoms with Crippen molar-refractivity contribution in [3.8, 4) is 11.5 Å². The quantitative estimate of drug-likeness (QED) is 0.0269. The summed E-state index contributed by atoms with van der Waals surface area (Å²) < 4.78 is 47.1. The summed E-state index contributed by atoms with van der Waals surface area (Å²) in [5.74, 6) is -2.02. The van der Waals surface area contributed by atoms with Crippen molar-refractivity contribution in [3.63, 3.8) is 0 Å². The lowest BCUT2D eigenvalue weighted by Gasteiger charge is -2.46. The third kappa shape index (κ3) is 12.2. The number of carbonyl (C=O) groups excluding carboxylic acids is 4. The molecule has 8 rings (SSSR count). The van der Waals surface area contributed by atoms with E-state index in [9.17, 15) is 49.8 Å². The van der Waals surface area contributed by atoms with E-state index in [2.05, 4.69) is 25.8 Å². The molecule has 2 aromatic carbocycles. The number of aliphatic hydroxyl groups excluding tert-OH is 6. The molecule has 2 saturated heterocycles. The van der Waals surface area contributed by atoms with Crippen molar-refractivity contribution in [1.82, 2.24) is 38.7 Å². The minimum atomic E-state index is -1.82. The molecular weight excluding hydrogens is 1050 g/mol. The molecule has 2 aliphatic rings. The van der Waals surface area contributed by atoms with Crippen molar-refractivity contribution in [2.24, 2.45) is 11.5 Å². The normalized spacial score (nSPS) is 23.2. The minimum Gasteiger partial charge on any atom is -0.494 e. The monoisotopic (exact) mass is 1120 g/mol. The van der Waals surface area contributed by atoms with E-state index >= 15 is 0 Å². The molecule has 0 radical (unpaired) electrons. The van der Waals surface area contributed by atoms with Crippen LogP contribution in [-0.2, 0) is 49.9 Å². The van der Waals surface area contributed by atoms with Crippen LogP contribution in [0.25, 0.3) is 22.1 Å². The number of benzene rings is 2. The number of ether oxygens (including phenoxy) is 7. The molecule has 432 valence electrons. The van der Waals surface area contributed by atoms with E-state index in [1.54, 1.807) is 51.9 Å². The van der Waals surface area contributed by atoms with Gasteiger partial charge in [0.2, 0.25) is 23.7 Å². The first-order valence-electron chi connectivity index (χ1n) is 25.6. The number of aliphatic hydroxyl groups is 6. The standard InChI is InChI=1S/C51H66N12O17/c1-7-62-30(16-24(3)58-62)46(72)56-50-54-28-18-26(44(52)70)20-32(74-5)36(28)60(50)12-9-10-13-61-37-29(55-51(61)57-47(73)31-17-25(4)59-63(31)8-2)19-27(45(53)71)21-33(37)76-14-11-15-77-43-41(69)42(35(23-65)79-49(43)75-6)80-48-40(68)39(67)38(66)34(22-64)78-48/h9-10,16-21,34-35,38-43,48-49,64-69H,7-8,11-15,22-23H2,1-6H3,(H2,52,70)(H2,53,71)(H,54,56,72)(H,55,57,73)/b10-9+/t34-,35-,38-,39+,40-,41+,42-,43-,48-,49+/m1/s1. The first-order chi connectivity index (χ1) is 38.3. The van der Waals surface area contributed by atoms with Gasteiger partial charge in [0, 0.05) is 50.8 Å². The molecular formula is C51H66N12O17. The fourth-order valence-corrected chi connectivity index (χ4v) is 9.56. The maximum absolute atomic E-state index is 14.0. The average Bonchev–Trinajstić information content (AvgIpc) is 4.34. The third-order valence-corrected chi connectivity index (χ3v) is 13.5. The smallest absolute Gasteiger partial charge is 0.276 e. The number of hydrogen-bond acceptors (Lipinski definition) is 21. The van der Waals surface area contributed by atoms with Gasteiger partial charge in [0.25, 0.3) is 11.8 Å². The summed E-state index contributed by atoms with van der Waals surface area (Å²) in [5, 5.41) is 77.3. The number of hydrogen-bond donors (Lipinski definition) is 10. The van der Waals surface area contributed by atoms with Crippen LogP contribution in [0.1, 0.15) is 73.3 Å². The lowest BCUT2D eigenvalue weighted by molar-refractivity contribution is -0.360. The van der Waals surface area contributed by atoms with Crippen molar-refractivity contribution in [1.29, 1.82) is 0 Å². The SMILES string of the molecule is CCn1nc(C)cc1C(=O)Nc1nc2cc(C(N)=O)cc(OC)c2n1C/C=C/Cn1c(NC(=O)c2cc(C)nn2CC)nc2cc(C(N)=O)cc(OCCCO[C@H]3[C@@H](OC)O[C@H](CO)[C@@H](O[C@H]4O[C@H](CO)[C@@H](O)[C@H](O)[C@H]4O)[C@@H]3O)c21. The molecule has 0 unspecified atom stereocenters. The largest absolute Gasteiger partial charge is 0.494 e. The Hall–Kier alpha value is -7.42. The number of imidazole rings is 2. The Morgan fingerprint density at radius 3 is 1.66 bits per heavy atom. The Balaban J connectivity index is 1.07. The molecule has 10 atom stereocenters. The van der Waals surface area contributed by atoms with Gasteiger partial charge in [-0.1, -0.05) is 12.2 Å². The van der Waals surface area contributed by atoms with Crippen molar-refractivity contribution in [2.45, 2.75) is 122 Å². The fourth-order valence-electron chi connectivity index (χ4n) is 9.56. The Morgan fingerprint density at radius 1 is 0.662 bits per heavy atom. The van der Waals surface area contributed by atoms with Gasteiger partial charge < -0.3 is 84.4 Å². The summed E-state index contributed by atoms with van der Waals surface area (Å²) in [7, 11) is 2.71. The first-order valence-corrected chi connectivity index (χ1v) is 25.6. The summed E-state index contributed by atoms with van der Waals surface area (Å²) in [5.41, 5.74) is 14.7. The van der Waals surface area contributed by atoms with E-state index in [1.165, 1.54) is 43.2 Å². The molecule has 80 heavy (non-hydrogen) atoms. The van der Waals surface area contributed by atoms with Crippen LogP contribution in [0.2, 0.25) is 0 Å². The van der Waals surface area contributed by atoms with E-state index < -0.39 is 98.3 Å². The van der Waals surface area contributed by atoms with Crippen LogP contribution in [0, 0.1) is 13.8 Å². The van der Waals surface area contributed by atoms with Crippen molar-refractivity contribution < 1.29 is 83.0 Å². The number of primary amides is 2. The number of carbonyl (C=O) groups is 4. The maximum atomic E-state index is 14.0. The molecule has 6 heterocycles. The van der Waals surface area contributed by atoms with Crippen LogP contribution in [0.3, 0.4) is 0 Å². The van der Waals surface area contributed by atoms with E-state index in [0.717, 1.165) is 0 Å². The van der Waals surface area contributed by atoms with Gasteiger partial charge in [0.15, 0.2) is 12.6 Å². The molecule has 2 fully saturated rings. The van der Waals surface area contributed by atoms with Gasteiger partial charge in [-0.2, -0.15) is 10.2 Å². The highest BCUT2D eigenvalue weighted by molar-refractivity contribution is 6.05. The zero-order valence-electron chi connectivity index (χ0n) is 44.7. The summed E-state index contributed by atoms with van der Waals surface area (Å²) in [4.78, 5) is 62.4. The maximum Gasteiger partial charge on any atom is 0.276 e. The number of aromatic nitrogens is 8. The van der Waals surface area contributed by atoms with Crippen LogP contribution in [0.5, 0.6) is 11.5 Å². The predicted molar refractivity (Wildman–Crippen MR) is 281 cm³/mol. The molecule has 6 aromatic rings. The summed E-state index contributed by atoms with van der Waals surface area (Å²) in [6, 6.07) is 9.11. The number of aryl methyl sites for hydroxylation is 4. The molecule has 0 saturated carbocycles. The molecule has 0 aliphatic carbocycles. The van der Waals surface area contributed by atoms with E-state index in [1.807, 2.05) is 13.8 Å². The van der Waals surface area contributed by atoms with Gasteiger partial charge in [0.05, 0.1) is 56.0 Å². The highest BCUT2D eigenvalue weighted by Gasteiger charge is 2.51. The van der Waals surface area contributed by atoms with Gasteiger partial charge in [-0.25, -0.2) is 9.97 Å². The fraction of sp³-hybridized carbons (Fsp3) is 0.490. The second kappa shape index (κ2) is 25.4. The summed E-state index contributed by atoms with van der Waals surface area (Å²) in [6.45, 7) is 6.48. The van der Waals surface area contributed by atoms with Crippen LogP contribution >= 0.6 is 0 Å². The zero-order chi connectivity index (χ0) is 57.7. The number of fused-ring (bicyclic) bond motifs is 2. The third-order valence-electron chi connectivity index (χ3n) is 13.5. The molecule has 0 spiro atoms. The second-order valence-corrected chi connectivity index (χ2v) is 18.8. The van der Waals surface area contributed by atoms with Crippen LogP contribution in [0.4, 0.5) is 11.9 Å². The van der Waals surface area contributed by atoms with E-state index in [0.29, 0.717) is 46.7 Å². The lowest BCUT2D eigenvalue weighted by atomic mass is 9.97. The van der Waals surface area contributed by atoms with Gasteiger partial charge in [-0.05, 0) is 64.1 Å². The van der Waals surface area contributed by atoms with Gasteiger partial charge in [0.1, 0.15) is 82.8 Å². The summed E-state index contributed by atoms with van der Waals surface area (Å²) >= 11 is 0. The number of nitrogens with two attached hydrogens (primary N) is 2.